The Morgan fingerprint density at radius 2 is 1.35 bits per heavy atom. The zero-order valence-electron chi connectivity index (χ0n) is 19.9. The Kier molecular flexibility index (Phi) is 8.34. The molecule has 2 aromatic carbocycles. The first-order valence-electron chi connectivity index (χ1n) is 12.6. The molecule has 1 saturated heterocycles. The molecular formula is C29H36ClNO2S. The lowest BCUT2D eigenvalue weighted by Crippen LogP contribution is -2.34. The Balaban J connectivity index is 0.00000274. The number of sulfone groups is 1. The molecule has 1 saturated carbocycles. The first-order valence-corrected chi connectivity index (χ1v) is 14.4. The van der Waals surface area contributed by atoms with Crippen molar-refractivity contribution in [2.75, 3.05) is 25.4 Å². The van der Waals surface area contributed by atoms with Gasteiger partial charge in [-0.1, -0.05) is 85.5 Å². The van der Waals surface area contributed by atoms with Gasteiger partial charge in [0.25, 0.3) is 0 Å². The maximum atomic E-state index is 12.7. The van der Waals surface area contributed by atoms with Gasteiger partial charge in [-0.3, -0.25) is 0 Å². The summed E-state index contributed by atoms with van der Waals surface area (Å²) in [4.78, 5) is 2.47. The van der Waals surface area contributed by atoms with Crippen molar-refractivity contribution < 1.29 is 8.42 Å². The van der Waals surface area contributed by atoms with Gasteiger partial charge in [0.2, 0.25) is 0 Å². The van der Waals surface area contributed by atoms with E-state index < -0.39 is 9.84 Å². The highest BCUT2D eigenvalue weighted by Gasteiger charge is 2.27. The van der Waals surface area contributed by atoms with Gasteiger partial charge < -0.3 is 4.90 Å². The van der Waals surface area contributed by atoms with E-state index >= 15 is 0 Å². The molecule has 0 spiro atoms. The van der Waals surface area contributed by atoms with E-state index in [1.54, 1.807) is 0 Å². The highest BCUT2D eigenvalue weighted by Crippen LogP contribution is 2.38. The molecule has 3 aliphatic rings. The van der Waals surface area contributed by atoms with Crippen molar-refractivity contribution in [3.63, 3.8) is 0 Å². The minimum atomic E-state index is -2.93. The van der Waals surface area contributed by atoms with Gasteiger partial charge in [-0.2, -0.15) is 0 Å². The van der Waals surface area contributed by atoms with Crippen LogP contribution in [0.4, 0.5) is 0 Å². The molecule has 0 N–H and O–H groups in total. The topological polar surface area (TPSA) is 37.4 Å². The van der Waals surface area contributed by atoms with Gasteiger partial charge in [-0.05, 0) is 66.5 Å². The third kappa shape index (κ3) is 5.50. The summed E-state index contributed by atoms with van der Waals surface area (Å²) in [5.41, 5.74) is 8.18. The molecule has 182 valence electrons. The SMILES string of the molecule is Cl.O=S(=O)(CCCN1CCC(=C2c3ccccc3C=Cc3ccccc32)CC1)C1CCCCC1. The molecule has 1 aliphatic heterocycles. The molecule has 1 heterocycles. The first-order chi connectivity index (χ1) is 16.1. The van der Waals surface area contributed by atoms with Crippen LogP contribution >= 0.6 is 12.4 Å². The van der Waals surface area contributed by atoms with Crippen molar-refractivity contribution in [1.82, 2.24) is 4.90 Å². The molecule has 0 aromatic heterocycles. The van der Waals surface area contributed by atoms with Crippen molar-refractivity contribution >= 4 is 40.0 Å². The summed E-state index contributed by atoms with van der Waals surface area (Å²) in [6.45, 7) is 2.92. The minimum Gasteiger partial charge on any atom is -0.303 e. The van der Waals surface area contributed by atoms with E-state index in [-0.39, 0.29) is 17.7 Å². The van der Waals surface area contributed by atoms with Crippen LogP contribution in [0, 0.1) is 0 Å². The van der Waals surface area contributed by atoms with Crippen LogP contribution in [0.5, 0.6) is 0 Å². The van der Waals surface area contributed by atoms with E-state index in [0.29, 0.717) is 5.75 Å². The smallest absolute Gasteiger partial charge is 0.153 e. The molecule has 0 radical (unpaired) electrons. The maximum Gasteiger partial charge on any atom is 0.153 e. The number of benzene rings is 2. The number of hydrogen-bond acceptors (Lipinski definition) is 3. The van der Waals surface area contributed by atoms with Crippen LogP contribution in [0.3, 0.4) is 0 Å². The number of fused-ring (bicyclic) bond motifs is 2. The van der Waals surface area contributed by atoms with Gasteiger partial charge in [0.15, 0.2) is 9.84 Å². The quantitative estimate of drug-likeness (QED) is 0.397. The molecule has 0 atom stereocenters. The maximum absolute atomic E-state index is 12.7. The van der Waals surface area contributed by atoms with Crippen molar-refractivity contribution in [2.45, 2.75) is 56.6 Å². The van der Waals surface area contributed by atoms with Gasteiger partial charge >= 0.3 is 0 Å². The Labute approximate surface area is 211 Å². The summed E-state index contributed by atoms with van der Waals surface area (Å²) in [5.74, 6) is 0.356. The predicted molar refractivity (Wildman–Crippen MR) is 146 cm³/mol. The summed E-state index contributed by atoms with van der Waals surface area (Å²) >= 11 is 0. The second-order valence-corrected chi connectivity index (χ2v) is 12.2. The number of piperidine rings is 1. The van der Waals surface area contributed by atoms with Gasteiger partial charge in [0.05, 0.1) is 11.0 Å². The Morgan fingerprint density at radius 3 is 1.94 bits per heavy atom. The van der Waals surface area contributed by atoms with Crippen LogP contribution in [0.25, 0.3) is 17.7 Å². The predicted octanol–water partition coefficient (Wildman–Crippen LogP) is 6.63. The number of likely N-dealkylation sites (tertiary alicyclic amines) is 1. The zero-order valence-corrected chi connectivity index (χ0v) is 21.5. The normalized spacial score (nSPS) is 19.2. The number of rotatable bonds is 5. The molecule has 5 rings (SSSR count). The van der Waals surface area contributed by atoms with E-state index in [1.165, 1.54) is 39.8 Å². The fraction of sp³-hybridized carbons (Fsp3) is 0.448. The number of nitrogens with zero attached hydrogens (tertiary/aromatic N) is 1. The standard InChI is InChI=1S/C29H35NO2S.ClH/c31-33(32,26-11-2-1-3-12-26)22-8-19-30-20-17-25(18-21-30)29-27-13-6-4-9-23(27)15-16-24-10-5-7-14-28(24)29;/h4-7,9-10,13-16,26H,1-3,8,11-12,17-22H2;1H. The minimum absolute atomic E-state index is 0. The molecule has 2 fully saturated rings. The summed E-state index contributed by atoms with van der Waals surface area (Å²) in [6, 6.07) is 17.4. The van der Waals surface area contributed by atoms with Gasteiger partial charge in [-0.25, -0.2) is 8.42 Å². The molecule has 0 amide bonds. The average Bonchev–Trinajstić information content (AvgIpc) is 3.02. The highest BCUT2D eigenvalue weighted by molar-refractivity contribution is 7.92. The lowest BCUT2D eigenvalue weighted by molar-refractivity contribution is 0.257. The number of hydrogen-bond donors (Lipinski definition) is 0. The summed E-state index contributed by atoms with van der Waals surface area (Å²) in [7, 11) is -2.93. The van der Waals surface area contributed by atoms with Crippen molar-refractivity contribution in [3.05, 3.63) is 76.4 Å². The van der Waals surface area contributed by atoms with Crippen molar-refractivity contribution in [2.24, 2.45) is 0 Å². The second-order valence-electron chi connectivity index (χ2n) is 9.81. The van der Waals surface area contributed by atoms with Crippen LogP contribution in [0.15, 0.2) is 54.1 Å². The third-order valence-corrected chi connectivity index (χ3v) is 10.0. The van der Waals surface area contributed by atoms with Gasteiger partial charge in [0, 0.05) is 13.1 Å². The number of halogens is 1. The first kappa shape index (κ1) is 25.2. The van der Waals surface area contributed by atoms with Crippen LogP contribution in [0.1, 0.15) is 73.6 Å². The molecule has 5 heteroatoms. The third-order valence-electron chi connectivity index (χ3n) is 7.68. The summed E-state index contributed by atoms with van der Waals surface area (Å²) < 4.78 is 25.4. The van der Waals surface area contributed by atoms with E-state index in [4.69, 9.17) is 0 Å². The van der Waals surface area contributed by atoms with Gasteiger partial charge in [-0.15, -0.1) is 12.4 Å². The fourth-order valence-electron chi connectivity index (χ4n) is 5.82. The molecule has 2 aliphatic carbocycles. The largest absolute Gasteiger partial charge is 0.303 e. The lowest BCUT2D eigenvalue weighted by atomic mass is 9.86. The Hall–Kier alpha value is -1.88. The molecule has 2 aromatic rings. The molecular weight excluding hydrogens is 462 g/mol. The molecule has 34 heavy (non-hydrogen) atoms. The van der Waals surface area contributed by atoms with Crippen molar-refractivity contribution in [3.8, 4) is 0 Å². The van der Waals surface area contributed by atoms with E-state index in [2.05, 4.69) is 65.6 Å². The molecule has 0 unspecified atom stereocenters. The van der Waals surface area contributed by atoms with E-state index in [9.17, 15) is 8.42 Å². The summed E-state index contributed by atoms with van der Waals surface area (Å²) in [5, 5.41) is -0.0760. The van der Waals surface area contributed by atoms with E-state index in [1.807, 2.05) is 0 Å². The second kappa shape index (κ2) is 11.2. The summed E-state index contributed by atoms with van der Waals surface area (Å²) in [6.07, 6.45) is 12.4. The van der Waals surface area contributed by atoms with Crippen LogP contribution < -0.4 is 0 Å². The van der Waals surface area contributed by atoms with Crippen LogP contribution in [-0.4, -0.2) is 44.0 Å². The van der Waals surface area contributed by atoms with Gasteiger partial charge in [0.1, 0.15) is 0 Å². The molecule has 0 bridgehead atoms. The Bertz CT molecular complexity index is 1100. The highest BCUT2D eigenvalue weighted by atomic mass is 35.5. The Morgan fingerprint density at radius 1 is 0.794 bits per heavy atom. The molecule has 3 nitrogen and oxygen atoms in total. The fourth-order valence-corrected chi connectivity index (χ4v) is 7.74. The monoisotopic (exact) mass is 497 g/mol. The zero-order chi connectivity index (χ0) is 22.7. The average molecular weight is 498 g/mol. The van der Waals surface area contributed by atoms with E-state index in [0.717, 1.165) is 64.6 Å². The van der Waals surface area contributed by atoms with Crippen LogP contribution in [-0.2, 0) is 9.84 Å². The van der Waals surface area contributed by atoms with Crippen LogP contribution in [0.2, 0.25) is 0 Å². The van der Waals surface area contributed by atoms with Crippen molar-refractivity contribution in [1.29, 1.82) is 0 Å². The lowest BCUT2D eigenvalue weighted by Gasteiger charge is -2.31.